The van der Waals surface area contributed by atoms with Crippen LogP contribution in [0.3, 0.4) is 0 Å². The average molecular weight is 282 g/mol. The number of H-pyrrole nitrogens is 2. The molecule has 0 radical (unpaired) electrons. The van der Waals surface area contributed by atoms with Crippen LogP contribution in [0.4, 0.5) is 0 Å². The Bertz CT molecular complexity index is 743. The first-order valence-corrected chi connectivity index (χ1v) is 7.05. The zero-order valence-electron chi connectivity index (χ0n) is 11.9. The van der Waals surface area contributed by atoms with Gasteiger partial charge in [0.15, 0.2) is 0 Å². The molecule has 0 spiro atoms. The summed E-state index contributed by atoms with van der Waals surface area (Å²) in [6, 6.07) is 8.06. The number of para-hydroxylation sites is 1. The minimum absolute atomic E-state index is 0.0365. The molecule has 21 heavy (non-hydrogen) atoms. The van der Waals surface area contributed by atoms with E-state index in [2.05, 4.69) is 20.3 Å². The second kappa shape index (κ2) is 5.83. The Kier molecular flexibility index (Phi) is 3.73. The van der Waals surface area contributed by atoms with Crippen LogP contribution in [-0.4, -0.2) is 27.4 Å². The van der Waals surface area contributed by atoms with Crippen molar-refractivity contribution < 1.29 is 4.79 Å². The molecule has 3 rings (SSSR count). The maximum atomic E-state index is 12.1. The van der Waals surface area contributed by atoms with E-state index in [9.17, 15) is 4.79 Å². The smallest absolute Gasteiger partial charge is 0.224 e. The molecule has 0 aliphatic carbocycles. The molecule has 0 aliphatic heterocycles. The Balaban J connectivity index is 1.62. The van der Waals surface area contributed by atoms with Gasteiger partial charge in [0.2, 0.25) is 5.91 Å². The number of hydrogen-bond acceptors (Lipinski definition) is 2. The molecular formula is C16H18N4O. The lowest BCUT2D eigenvalue weighted by atomic mass is 10.1. The van der Waals surface area contributed by atoms with Crippen LogP contribution in [0.15, 0.2) is 36.7 Å². The van der Waals surface area contributed by atoms with Gasteiger partial charge in [0, 0.05) is 42.0 Å². The lowest BCUT2D eigenvalue weighted by Gasteiger charge is -2.04. The van der Waals surface area contributed by atoms with Crippen molar-refractivity contribution in [2.24, 2.45) is 0 Å². The van der Waals surface area contributed by atoms with Gasteiger partial charge in [-0.2, -0.15) is 0 Å². The summed E-state index contributed by atoms with van der Waals surface area (Å²) in [5.41, 5.74) is 3.20. The molecule has 3 aromatic rings. The van der Waals surface area contributed by atoms with Crippen LogP contribution in [0.2, 0.25) is 0 Å². The summed E-state index contributed by atoms with van der Waals surface area (Å²) in [6.45, 7) is 2.60. The van der Waals surface area contributed by atoms with Gasteiger partial charge in [0.25, 0.3) is 0 Å². The first kappa shape index (κ1) is 13.4. The second-order valence-electron chi connectivity index (χ2n) is 5.09. The predicted molar refractivity (Wildman–Crippen MR) is 82.0 cm³/mol. The minimum atomic E-state index is 0.0365. The van der Waals surface area contributed by atoms with Crippen molar-refractivity contribution >= 4 is 16.8 Å². The number of rotatable bonds is 5. The van der Waals surface area contributed by atoms with Crippen LogP contribution >= 0.6 is 0 Å². The standard InChI is InChI=1S/C16H18N4O/c1-11-13(12-4-2-3-5-14(12)20-11)10-16(21)19-7-6-15-17-8-9-18-15/h2-5,8-9,20H,6-7,10H2,1H3,(H,17,18)(H,19,21). The van der Waals surface area contributed by atoms with Crippen LogP contribution in [0.5, 0.6) is 0 Å². The van der Waals surface area contributed by atoms with Crippen molar-refractivity contribution in [3.8, 4) is 0 Å². The van der Waals surface area contributed by atoms with Crippen LogP contribution in [0.1, 0.15) is 17.1 Å². The van der Waals surface area contributed by atoms with E-state index in [4.69, 9.17) is 0 Å². The number of amides is 1. The first-order chi connectivity index (χ1) is 10.2. The number of imidazole rings is 1. The van der Waals surface area contributed by atoms with Gasteiger partial charge >= 0.3 is 0 Å². The molecule has 0 saturated carbocycles. The summed E-state index contributed by atoms with van der Waals surface area (Å²) in [4.78, 5) is 22.5. The molecule has 0 saturated heterocycles. The molecule has 5 heteroatoms. The molecule has 0 unspecified atom stereocenters. The lowest BCUT2D eigenvalue weighted by Crippen LogP contribution is -2.27. The van der Waals surface area contributed by atoms with Crippen LogP contribution in [0, 0.1) is 6.92 Å². The molecule has 108 valence electrons. The van der Waals surface area contributed by atoms with Crippen LogP contribution in [0.25, 0.3) is 10.9 Å². The van der Waals surface area contributed by atoms with E-state index in [0.717, 1.165) is 28.0 Å². The number of fused-ring (bicyclic) bond motifs is 1. The van der Waals surface area contributed by atoms with Gasteiger partial charge in [-0.3, -0.25) is 4.79 Å². The van der Waals surface area contributed by atoms with E-state index in [-0.39, 0.29) is 5.91 Å². The number of carbonyl (C=O) groups excluding carboxylic acids is 1. The highest BCUT2D eigenvalue weighted by atomic mass is 16.1. The van der Waals surface area contributed by atoms with Crippen molar-refractivity contribution in [3.05, 3.63) is 53.7 Å². The highest BCUT2D eigenvalue weighted by molar-refractivity contribution is 5.90. The van der Waals surface area contributed by atoms with Gasteiger partial charge in [-0.25, -0.2) is 4.98 Å². The van der Waals surface area contributed by atoms with Crippen molar-refractivity contribution in [2.45, 2.75) is 19.8 Å². The van der Waals surface area contributed by atoms with E-state index in [0.29, 0.717) is 19.4 Å². The molecule has 2 heterocycles. The van der Waals surface area contributed by atoms with E-state index in [1.165, 1.54) is 0 Å². The van der Waals surface area contributed by atoms with Gasteiger partial charge in [-0.15, -0.1) is 0 Å². The number of aromatic nitrogens is 3. The first-order valence-electron chi connectivity index (χ1n) is 7.05. The van der Waals surface area contributed by atoms with E-state index in [1.54, 1.807) is 12.4 Å². The van der Waals surface area contributed by atoms with E-state index >= 15 is 0 Å². The molecule has 1 aromatic carbocycles. The maximum absolute atomic E-state index is 12.1. The Morgan fingerprint density at radius 2 is 2.19 bits per heavy atom. The van der Waals surface area contributed by atoms with Crippen molar-refractivity contribution in [1.29, 1.82) is 0 Å². The Hall–Kier alpha value is -2.56. The third kappa shape index (κ3) is 2.97. The third-order valence-electron chi connectivity index (χ3n) is 3.60. The Morgan fingerprint density at radius 3 is 3.00 bits per heavy atom. The highest BCUT2D eigenvalue weighted by Gasteiger charge is 2.11. The number of nitrogens with zero attached hydrogens (tertiary/aromatic N) is 1. The van der Waals surface area contributed by atoms with E-state index in [1.807, 2.05) is 31.2 Å². The Morgan fingerprint density at radius 1 is 1.33 bits per heavy atom. The number of aryl methyl sites for hydroxylation is 1. The molecule has 5 nitrogen and oxygen atoms in total. The second-order valence-corrected chi connectivity index (χ2v) is 5.09. The quantitative estimate of drug-likeness (QED) is 0.670. The summed E-state index contributed by atoms with van der Waals surface area (Å²) < 4.78 is 0. The fraction of sp³-hybridized carbons (Fsp3) is 0.250. The summed E-state index contributed by atoms with van der Waals surface area (Å²) in [7, 11) is 0. The van der Waals surface area contributed by atoms with Gasteiger partial charge in [0.1, 0.15) is 5.82 Å². The topological polar surface area (TPSA) is 73.6 Å². The number of hydrogen-bond donors (Lipinski definition) is 3. The highest BCUT2D eigenvalue weighted by Crippen LogP contribution is 2.22. The van der Waals surface area contributed by atoms with Crippen molar-refractivity contribution in [1.82, 2.24) is 20.3 Å². The number of benzene rings is 1. The fourth-order valence-corrected chi connectivity index (χ4v) is 2.54. The number of nitrogens with one attached hydrogen (secondary N) is 3. The largest absolute Gasteiger partial charge is 0.358 e. The molecule has 1 amide bonds. The molecule has 0 atom stereocenters. The van der Waals surface area contributed by atoms with Crippen molar-refractivity contribution in [2.75, 3.05) is 6.54 Å². The van der Waals surface area contributed by atoms with E-state index < -0.39 is 0 Å². The average Bonchev–Trinajstić information content (AvgIpc) is 3.08. The summed E-state index contributed by atoms with van der Waals surface area (Å²) in [5.74, 6) is 0.924. The number of aromatic amines is 2. The normalized spacial score (nSPS) is 10.9. The number of carbonyl (C=O) groups is 1. The summed E-state index contributed by atoms with van der Waals surface area (Å²) in [5, 5.41) is 4.06. The molecule has 3 N–H and O–H groups in total. The minimum Gasteiger partial charge on any atom is -0.358 e. The SMILES string of the molecule is Cc1[nH]c2ccccc2c1CC(=O)NCCc1ncc[nH]1. The van der Waals surface area contributed by atoms with Crippen LogP contribution < -0.4 is 5.32 Å². The maximum Gasteiger partial charge on any atom is 0.224 e. The zero-order chi connectivity index (χ0) is 14.7. The molecule has 0 bridgehead atoms. The third-order valence-corrected chi connectivity index (χ3v) is 3.60. The molecule has 0 fully saturated rings. The predicted octanol–water partition coefficient (Wildman–Crippen LogP) is 2.10. The zero-order valence-corrected chi connectivity index (χ0v) is 11.9. The molecule has 2 aromatic heterocycles. The van der Waals surface area contributed by atoms with Gasteiger partial charge in [-0.1, -0.05) is 18.2 Å². The van der Waals surface area contributed by atoms with Gasteiger partial charge < -0.3 is 15.3 Å². The van der Waals surface area contributed by atoms with Gasteiger partial charge in [0.05, 0.1) is 6.42 Å². The summed E-state index contributed by atoms with van der Waals surface area (Å²) in [6.07, 6.45) is 4.61. The van der Waals surface area contributed by atoms with Crippen LogP contribution in [-0.2, 0) is 17.6 Å². The fourth-order valence-electron chi connectivity index (χ4n) is 2.54. The molecular weight excluding hydrogens is 264 g/mol. The summed E-state index contributed by atoms with van der Waals surface area (Å²) >= 11 is 0. The monoisotopic (exact) mass is 282 g/mol. The van der Waals surface area contributed by atoms with Crippen molar-refractivity contribution in [3.63, 3.8) is 0 Å². The molecule has 0 aliphatic rings. The van der Waals surface area contributed by atoms with Gasteiger partial charge in [-0.05, 0) is 18.6 Å². The Labute approximate surface area is 122 Å². The lowest BCUT2D eigenvalue weighted by molar-refractivity contribution is -0.120.